The maximum Gasteiger partial charge on any atom is 0.161 e. The highest BCUT2D eigenvalue weighted by atomic mass is 32.1. The topological polar surface area (TPSA) is 90.7 Å². The number of hydrogen-bond donors (Lipinski definition) is 0. The lowest BCUT2D eigenvalue weighted by Crippen LogP contribution is -1.96. The fraction of sp³-hybridized carbons (Fsp3) is 0. The van der Waals surface area contributed by atoms with Crippen molar-refractivity contribution in [3.8, 4) is 112 Å². The lowest BCUT2D eigenvalue weighted by atomic mass is 9.94. The van der Waals surface area contributed by atoms with Crippen molar-refractivity contribution in [3.05, 3.63) is 297 Å². The molecule has 0 aliphatic heterocycles. The Morgan fingerprint density at radius 3 is 1.17 bits per heavy atom. The SMILES string of the molecule is c1ccc(-c2ccc(-c3nc(-c4cccc5oc6c(-c7ccc(-c8cccc(-c9nc(-c%10cccc%11oc%12c(-c%13ccccc%13)cc(-c%13ccccc%13)cc%12c%10%11)nc%10c9sc9ccccc9%10)n8)cc7)cc(-c7ccccc7)cc6c45)nc4c3sc3ccccc34)cc2)cc1. The zero-order valence-electron chi connectivity index (χ0n) is 50.2. The van der Waals surface area contributed by atoms with Gasteiger partial charge in [-0.1, -0.05) is 237 Å². The van der Waals surface area contributed by atoms with Crippen LogP contribution in [0, 0.1) is 0 Å². The van der Waals surface area contributed by atoms with Crippen LogP contribution in [0.3, 0.4) is 0 Å². The van der Waals surface area contributed by atoms with Crippen molar-refractivity contribution >= 4 is 107 Å². The average molecular weight is 1240 g/mol. The first-order chi connectivity index (χ1) is 46.6. The zero-order chi connectivity index (χ0) is 61.8. The molecule has 19 rings (SSSR count). The summed E-state index contributed by atoms with van der Waals surface area (Å²) in [6, 6.07) is 104. The molecule has 0 atom stereocenters. The second kappa shape index (κ2) is 21.9. The highest BCUT2D eigenvalue weighted by Crippen LogP contribution is 2.48. The van der Waals surface area contributed by atoms with Crippen molar-refractivity contribution in [2.45, 2.75) is 0 Å². The molecule has 0 aliphatic rings. The van der Waals surface area contributed by atoms with E-state index in [9.17, 15) is 0 Å². The molecule has 12 aromatic carbocycles. The lowest BCUT2D eigenvalue weighted by Gasteiger charge is -2.11. The second-order valence-electron chi connectivity index (χ2n) is 23.7. The van der Waals surface area contributed by atoms with Crippen LogP contribution in [0.5, 0.6) is 0 Å². The van der Waals surface area contributed by atoms with Gasteiger partial charge >= 0.3 is 0 Å². The minimum Gasteiger partial charge on any atom is -0.455 e. The molecule has 0 spiro atoms. The Morgan fingerprint density at radius 2 is 0.638 bits per heavy atom. The molecule has 7 aromatic heterocycles. The fourth-order valence-electron chi connectivity index (χ4n) is 13.7. The van der Waals surface area contributed by atoms with Gasteiger partial charge in [-0.25, -0.2) is 24.9 Å². The van der Waals surface area contributed by atoms with E-state index in [0.717, 1.165) is 175 Å². The predicted molar refractivity (Wildman–Crippen MR) is 390 cm³/mol. The molecule has 0 bridgehead atoms. The van der Waals surface area contributed by atoms with Gasteiger partial charge in [-0.15, -0.1) is 22.7 Å². The summed E-state index contributed by atoms with van der Waals surface area (Å²) in [5, 5.41) is 6.09. The number of benzene rings is 12. The Kier molecular flexibility index (Phi) is 12.5. The molecule has 0 amide bonds. The van der Waals surface area contributed by atoms with E-state index in [2.05, 4.69) is 279 Å². The smallest absolute Gasteiger partial charge is 0.161 e. The lowest BCUT2D eigenvalue weighted by molar-refractivity contribution is 0.669. The molecule has 0 radical (unpaired) electrons. The van der Waals surface area contributed by atoms with Gasteiger partial charge in [0.25, 0.3) is 0 Å². The molecule has 0 aliphatic carbocycles. The first kappa shape index (κ1) is 53.8. The number of furan rings is 2. The summed E-state index contributed by atoms with van der Waals surface area (Å²) in [5.41, 5.74) is 22.8. The number of fused-ring (bicyclic) bond motifs is 12. The van der Waals surface area contributed by atoms with Crippen LogP contribution in [-0.2, 0) is 0 Å². The molecule has 9 heteroatoms. The van der Waals surface area contributed by atoms with Crippen molar-refractivity contribution in [2.75, 3.05) is 0 Å². The summed E-state index contributed by atoms with van der Waals surface area (Å²) in [4.78, 5) is 27.5. The summed E-state index contributed by atoms with van der Waals surface area (Å²) >= 11 is 3.44. The maximum absolute atomic E-state index is 7.09. The fourth-order valence-corrected chi connectivity index (χ4v) is 16.0. The molecular formula is C85H49N5O2S2. The molecule has 0 saturated heterocycles. The Hall–Kier alpha value is -12.0. The van der Waals surface area contributed by atoms with Crippen LogP contribution in [-0.4, -0.2) is 24.9 Å². The van der Waals surface area contributed by atoms with E-state index in [1.54, 1.807) is 22.7 Å². The van der Waals surface area contributed by atoms with Crippen LogP contribution in [0.25, 0.3) is 197 Å². The largest absolute Gasteiger partial charge is 0.455 e. The van der Waals surface area contributed by atoms with E-state index in [1.165, 1.54) is 10.3 Å². The van der Waals surface area contributed by atoms with Gasteiger partial charge in [-0.3, -0.25) is 0 Å². The minimum atomic E-state index is 0.600. The molecule has 438 valence electrons. The van der Waals surface area contributed by atoms with Crippen molar-refractivity contribution in [1.29, 1.82) is 0 Å². The highest BCUT2D eigenvalue weighted by molar-refractivity contribution is 7.26. The number of rotatable bonds is 10. The minimum absolute atomic E-state index is 0.600. The Labute approximate surface area is 546 Å². The number of hydrogen-bond acceptors (Lipinski definition) is 9. The van der Waals surface area contributed by atoms with E-state index in [-0.39, 0.29) is 0 Å². The van der Waals surface area contributed by atoms with Crippen molar-refractivity contribution < 1.29 is 8.83 Å². The average Bonchev–Trinajstić information content (AvgIpc) is 1.56. The molecule has 0 N–H and O–H groups in total. The number of pyridine rings is 1. The molecular weight excluding hydrogens is 1190 g/mol. The van der Waals surface area contributed by atoms with Crippen LogP contribution in [0.4, 0.5) is 0 Å². The molecule has 0 fully saturated rings. The monoisotopic (exact) mass is 1240 g/mol. The predicted octanol–water partition coefficient (Wildman–Crippen LogP) is 23.9. The summed E-state index contributed by atoms with van der Waals surface area (Å²) in [6.07, 6.45) is 0. The number of aromatic nitrogens is 5. The normalized spacial score (nSPS) is 11.8. The third kappa shape index (κ3) is 8.96. The maximum atomic E-state index is 7.09. The van der Waals surface area contributed by atoms with Crippen LogP contribution < -0.4 is 0 Å². The summed E-state index contributed by atoms with van der Waals surface area (Å²) in [6.45, 7) is 0. The van der Waals surface area contributed by atoms with Gasteiger partial charge in [0.05, 0.1) is 37.5 Å². The van der Waals surface area contributed by atoms with Gasteiger partial charge in [0, 0.05) is 75.1 Å². The Bertz CT molecular complexity index is 6200. The van der Waals surface area contributed by atoms with Gasteiger partial charge in [-0.05, 0) is 105 Å². The third-order valence-electron chi connectivity index (χ3n) is 18.2. The van der Waals surface area contributed by atoms with Crippen molar-refractivity contribution in [3.63, 3.8) is 0 Å². The first-order valence-corrected chi connectivity index (χ1v) is 33.0. The van der Waals surface area contributed by atoms with Crippen LogP contribution in [0.1, 0.15) is 0 Å². The number of nitrogens with zero attached hydrogens (tertiary/aromatic N) is 5. The molecule has 19 aromatic rings. The molecule has 7 nitrogen and oxygen atoms in total. The van der Waals surface area contributed by atoms with Gasteiger partial charge in [0.2, 0.25) is 0 Å². The molecule has 0 unspecified atom stereocenters. The quantitative estimate of drug-likeness (QED) is 0.135. The third-order valence-corrected chi connectivity index (χ3v) is 20.5. The highest BCUT2D eigenvalue weighted by Gasteiger charge is 2.26. The molecule has 94 heavy (non-hydrogen) atoms. The Morgan fingerprint density at radius 1 is 0.245 bits per heavy atom. The van der Waals surface area contributed by atoms with E-state index >= 15 is 0 Å². The van der Waals surface area contributed by atoms with Gasteiger partial charge < -0.3 is 8.83 Å². The second-order valence-corrected chi connectivity index (χ2v) is 25.8. The summed E-state index contributed by atoms with van der Waals surface area (Å²) in [5.74, 6) is 1.24. The van der Waals surface area contributed by atoms with E-state index < -0.39 is 0 Å². The van der Waals surface area contributed by atoms with Crippen molar-refractivity contribution in [2.24, 2.45) is 0 Å². The standard InChI is InChI=1S/C85H49N5O2S2/c1-5-20-50(21-6-1)53-38-44-57(45-39-53)76-82-77(60-28-13-15-36-72(60)93-82)88-84(87-76)62-30-17-34-70-74(62)67-49-59(52-24-9-3-10-25-52)47-65(81(67)92-70)55-40-42-56(43-41-55)68-32-19-33-69(86-68)79-83-78(61-29-14-16-37-73(61)94-83)89-85(90-79)63-31-18-35-71-75(63)66-48-58(51-22-7-2-8-23-51)46-64(80(66)91-71)54-26-11-4-12-27-54/h1-49H. The summed E-state index contributed by atoms with van der Waals surface area (Å²) < 4.78 is 18.3. The zero-order valence-corrected chi connectivity index (χ0v) is 51.8. The van der Waals surface area contributed by atoms with E-state index in [0.29, 0.717) is 11.6 Å². The molecule has 7 heterocycles. The van der Waals surface area contributed by atoms with E-state index in [4.69, 9.17) is 33.8 Å². The van der Waals surface area contributed by atoms with Crippen LogP contribution in [0.15, 0.2) is 306 Å². The van der Waals surface area contributed by atoms with Gasteiger partial charge in [0.15, 0.2) is 11.6 Å². The van der Waals surface area contributed by atoms with Crippen LogP contribution >= 0.6 is 22.7 Å². The Balaban J connectivity index is 0.735. The first-order valence-electron chi connectivity index (χ1n) is 31.4. The van der Waals surface area contributed by atoms with Gasteiger partial charge in [0.1, 0.15) is 28.0 Å². The van der Waals surface area contributed by atoms with Crippen LogP contribution in [0.2, 0.25) is 0 Å². The van der Waals surface area contributed by atoms with Gasteiger partial charge in [-0.2, -0.15) is 0 Å². The van der Waals surface area contributed by atoms with Crippen molar-refractivity contribution in [1.82, 2.24) is 24.9 Å². The number of thiophene rings is 2. The van der Waals surface area contributed by atoms with E-state index in [1.807, 2.05) is 18.2 Å². The summed E-state index contributed by atoms with van der Waals surface area (Å²) in [7, 11) is 0. The molecule has 0 saturated carbocycles.